The molecule has 4 amide bonds. The van der Waals surface area contributed by atoms with Gasteiger partial charge < -0.3 is 25.6 Å². The van der Waals surface area contributed by atoms with Crippen molar-refractivity contribution < 1.29 is 28.7 Å². The van der Waals surface area contributed by atoms with Gasteiger partial charge in [-0.2, -0.15) is 0 Å². The van der Waals surface area contributed by atoms with Gasteiger partial charge in [0, 0.05) is 13.5 Å². The highest BCUT2D eigenvalue weighted by Crippen LogP contribution is 2.29. The third-order valence-electron chi connectivity index (χ3n) is 6.41. The van der Waals surface area contributed by atoms with Gasteiger partial charge in [0.2, 0.25) is 23.6 Å². The first-order chi connectivity index (χ1) is 16.2. The van der Waals surface area contributed by atoms with Gasteiger partial charge in [-0.25, -0.2) is 0 Å². The number of nitrogens with zero attached hydrogens (tertiary/aromatic N) is 1. The Kier molecular flexibility index (Phi) is 9.83. The van der Waals surface area contributed by atoms with E-state index in [1.807, 2.05) is 27.7 Å². The Balaban J connectivity index is 2.12. The van der Waals surface area contributed by atoms with E-state index in [9.17, 15) is 24.0 Å². The SMILES string of the molecule is CC(=O)NC(C)C(=O)N1CCCC1C(=O)NC(CC(C)C)C(=O)NC(CC(C)C)C(=O)C1(C)CO1. The Morgan fingerprint density at radius 1 is 0.943 bits per heavy atom. The summed E-state index contributed by atoms with van der Waals surface area (Å²) in [5.74, 6) is -1.36. The summed E-state index contributed by atoms with van der Waals surface area (Å²) in [6.07, 6.45) is 1.99. The number of Topliss-reactive ketones (excluding diaryl/α,β-unsaturated/α-hetero) is 1. The topological polar surface area (TPSA) is 137 Å². The standard InChI is InChI=1S/C25H42N4O6/c1-14(2)11-18(21(31)25(7)13-35-25)27-22(32)19(12-15(3)4)28-23(33)20-9-8-10-29(20)24(34)16(5)26-17(6)30/h14-16,18-20H,8-13H2,1-7H3,(H,26,30)(H,27,32)(H,28,33). The monoisotopic (exact) mass is 494 g/mol. The second kappa shape index (κ2) is 12.0. The molecule has 10 heteroatoms. The minimum atomic E-state index is -0.862. The first-order valence-electron chi connectivity index (χ1n) is 12.6. The maximum Gasteiger partial charge on any atom is 0.245 e. The number of ether oxygens (including phenoxy) is 1. The molecule has 0 aromatic heterocycles. The van der Waals surface area contributed by atoms with Crippen LogP contribution in [0.5, 0.6) is 0 Å². The molecule has 5 atom stereocenters. The maximum atomic E-state index is 13.3. The highest BCUT2D eigenvalue weighted by Gasteiger charge is 2.50. The van der Waals surface area contributed by atoms with E-state index in [4.69, 9.17) is 4.74 Å². The molecular formula is C25H42N4O6. The minimum Gasteiger partial charge on any atom is -0.361 e. The molecule has 10 nitrogen and oxygen atoms in total. The van der Waals surface area contributed by atoms with Gasteiger partial charge >= 0.3 is 0 Å². The van der Waals surface area contributed by atoms with Crippen molar-refractivity contribution in [2.24, 2.45) is 11.8 Å². The number of ketones is 1. The molecule has 0 aromatic carbocycles. The first-order valence-corrected chi connectivity index (χ1v) is 12.6. The summed E-state index contributed by atoms with van der Waals surface area (Å²) in [5, 5.41) is 8.25. The number of epoxide rings is 1. The fourth-order valence-electron chi connectivity index (χ4n) is 4.48. The molecule has 35 heavy (non-hydrogen) atoms. The average Bonchev–Trinajstić information content (AvgIpc) is 3.30. The zero-order valence-electron chi connectivity index (χ0n) is 22.1. The molecule has 2 heterocycles. The zero-order valence-corrected chi connectivity index (χ0v) is 22.1. The van der Waals surface area contributed by atoms with Crippen molar-refractivity contribution in [3.63, 3.8) is 0 Å². The number of carbonyl (C=O) groups excluding carboxylic acids is 5. The van der Waals surface area contributed by atoms with Crippen molar-refractivity contribution in [3.05, 3.63) is 0 Å². The molecule has 0 radical (unpaired) electrons. The van der Waals surface area contributed by atoms with Gasteiger partial charge in [0.05, 0.1) is 12.6 Å². The highest BCUT2D eigenvalue weighted by molar-refractivity contribution is 5.98. The Labute approximate surface area is 208 Å². The van der Waals surface area contributed by atoms with Crippen molar-refractivity contribution in [3.8, 4) is 0 Å². The van der Waals surface area contributed by atoms with E-state index < -0.39 is 41.6 Å². The van der Waals surface area contributed by atoms with E-state index in [2.05, 4.69) is 16.0 Å². The second-order valence-electron chi connectivity index (χ2n) is 10.9. The molecule has 0 saturated carbocycles. The Morgan fingerprint density at radius 3 is 2.03 bits per heavy atom. The van der Waals surface area contributed by atoms with E-state index in [0.29, 0.717) is 38.8 Å². The van der Waals surface area contributed by atoms with E-state index in [1.165, 1.54) is 11.8 Å². The van der Waals surface area contributed by atoms with Crippen LogP contribution in [-0.2, 0) is 28.7 Å². The van der Waals surface area contributed by atoms with E-state index >= 15 is 0 Å². The molecule has 2 aliphatic rings. The van der Waals surface area contributed by atoms with Gasteiger partial charge in [0.1, 0.15) is 23.7 Å². The van der Waals surface area contributed by atoms with Crippen molar-refractivity contribution in [1.82, 2.24) is 20.9 Å². The van der Waals surface area contributed by atoms with Gasteiger partial charge in [0.25, 0.3) is 0 Å². The lowest BCUT2D eigenvalue weighted by atomic mass is 9.92. The minimum absolute atomic E-state index is 0.107. The normalized spacial score (nSPS) is 24.0. The molecular weight excluding hydrogens is 452 g/mol. The van der Waals surface area contributed by atoms with Crippen LogP contribution < -0.4 is 16.0 Å². The van der Waals surface area contributed by atoms with Crippen LogP contribution in [0.25, 0.3) is 0 Å². The number of nitrogens with one attached hydrogen (secondary N) is 3. The molecule has 0 aromatic rings. The van der Waals surface area contributed by atoms with Crippen LogP contribution in [0, 0.1) is 11.8 Å². The summed E-state index contributed by atoms with van der Waals surface area (Å²) in [7, 11) is 0. The van der Waals surface area contributed by atoms with Gasteiger partial charge in [-0.1, -0.05) is 27.7 Å². The molecule has 198 valence electrons. The second-order valence-corrected chi connectivity index (χ2v) is 10.9. The Morgan fingerprint density at radius 2 is 1.51 bits per heavy atom. The lowest BCUT2D eigenvalue weighted by Crippen LogP contribution is -2.57. The number of rotatable bonds is 12. The van der Waals surface area contributed by atoms with Crippen molar-refractivity contribution in [1.29, 1.82) is 0 Å². The van der Waals surface area contributed by atoms with Crippen molar-refractivity contribution in [2.75, 3.05) is 13.2 Å². The van der Waals surface area contributed by atoms with Crippen LogP contribution >= 0.6 is 0 Å². The van der Waals surface area contributed by atoms with Gasteiger partial charge in [0.15, 0.2) is 5.78 Å². The van der Waals surface area contributed by atoms with Crippen LogP contribution in [-0.4, -0.2) is 77.2 Å². The first kappa shape index (κ1) is 28.7. The largest absolute Gasteiger partial charge is 0.361 e. The third-order valence-corrected chi connectivity index (χ3v) is 6.41. The number of carbonyl (C=O) groups is 5. The Hall–Kier alpha value is -2.49. The average molecular weight is 495 g/mol. The third kappa shape index (κ3) is 8.02. The molecule has 5 unspecified atom stereocenters. The number of amides is 4. The fraction of sp³-hybridized carbons (Fsp3) is 0.800. The molecule has 0 bridgehead atoms. The summed E-state index contributed by atoms with van der Waals surface area (Å²) < 4.78 is 5.30. The van der Waals surface area contributed by atoms with E-state index in [-0.39, 0.29) is 29.4 Å². The summed E-state index contributed by atoms with van der Waals surface area (Å²) in [4.78, 5) is 65.0. The zero-order chi connectivity index (χ0) is 26.5. The van der Waals surface area contributed by atoms with Crippen LogP contribution in [0.1, 0.15) is 74.1 Å². The van der Waals surface area contributed by atoms with E-state index in [0.717, 1.165) is 0 Å². The van der Waals surface area contributed by atoms with E-state index in [1.54, 1.807) is 13.8 Å². The number of hydrogen-bond donors (Lipinski definition) is 3. The summed E-state index contributed by atoms with van der Waals surface area (Å²) in [5.41, 5.74) is -0.862. The lowest BCUT2D eigenvalue weighted by Gasteiger charge is -2.30. The van der Waals surface area contributed by atoms with Gasteiger partial charge in [-0.3, -0.25) is 24.0 Å². The summed E-state index contributed by atoms with van der Waals surface area (Å²) >= 11 is 0. The van der Waals surface area contributed by atoms with Crippen LogP contribution in [0.2, 0.25) is 0 Å². The number of hydrogen-bond acceptors (Lipinski definition) is 6. The predicted molar refractivity (Wildman–Crippen MR) is 130 cm³/mol. The molecule has 3 N–H and O–H groups in total. The molecule has 2 aliphatic heterocycles. The van der Waals surface area contributed by atoms with Gasteiger partial charge in [-0.15, -0.1) is 0 Å². The van der Waals surface area contributed by atoms with Crippen molar-refractivity contribution >= 4 is 29.4 Å². The molecule has 2 rings (SSSR count). The van der Waals surface area contributed by atoms with Crippen LogP contribution in [0.15, 0.2) is 0 Å². The maximum absolute atomic E-state index is 13.3. The van der Waals surface area contributed by atoms with Crippen molar-refractivity contribution in [2.45, 2.75) is 104 Å². The molecule has 0 spiro atoms. The quantitative estimate of drug-likeness (QED) is 0.345. The molecule has 2 saturated heterocycles. The lowest BCUT2D eigenvalue weighted by molar-refractivity contribution is -0.141. The fourth-order valence-corrected chi connectivity index (χ4v) is 4.48. The van der Waals surface area contributed by atoms with Crippen LogP contribution in [0.3, 0.4) is 0 Å². The summed E-state index contributed by atoms with van der Waals surface area (Å²) in [6.45, 7) is 13.2. The smallest absolute Gasteiger partial charge is 0.245 e. The predicted octanol–water partition coefficient (Wildman–Crippen LogP) is 0.922. The molecule has 0 aliphatic carbocycles. The highest BCUT2D eigenvalue weighted by atomic mass is 16.6. The van der Waals surface area contributed by atoms with Gasteiger partial charge in [-0.05, 0) is 51.4 Å². The number of likely N-dealkylation sites (tertiary alicyclic amines) is 1. The molecule has 2 fully saturated rings. The summed E-state index contributed by atoms with van der Waals surface area (Å²) in [6, 6.07) is -3.01. The van der Waals surface area contributed by atoms with Crippen LogP contribution in [0.4, 0.5) is 0 Å². The Bertz CT molecular complexity index is 823.